The third-order valence-electron chi connectivity index (χ3n) is 5.22. The largest absolute Gasteiger partial charge is 0.497 e. The smallest absolute Gasteiger partial charge is 0.198 e. The topological polar surface area (TPSA) is 63.9 Å². The summed E-state index contributed by atoms with van der Waals surface area (Å²) < 4.78 is 12.3. The molecule has 5 nitrogen and oxygen atoms in total. The Morgan fingerprint density at radius 1 is 0.793 bits per heavy atom. The van der Waals surface area contributed by atoms with Crippen LogP contribution in [0.15, 0.2) is 66.7 Å². The molecule has 0 spiro atoms. The van der Waals surface area contributed by atoms with Crippen LogP contribution in [0.3, 0.4) is 0 Å². The number of nitrogens with zero attached hydrogens (tertiary/aromatic N) is 1. The molecule has 5 heteroatoms. The molecule has 0 fully saturated rings. The first-order valence-electron chi connectivity index (χ1n) is 9.37. The van der Waals surface area contributed by atoms with Gasteiger partial charge in [-0.05, 0) is 53.1 Å². The van der Waals surface area contributed by atoms with Crippen molar-refractivity contribution in [3.8, 4) is 28.5 Å². The van der Waals surface area contributed by atoms with Crippen molar-refractivity contribution in [2.45, 2.75) is 13.2 Å². The summed E-state index contributed by atoms with van der Waals surface area (Å²) in [6.45, 7) is 0.262. The summed E-state index contributed by atoms with van der Waals surface area (Å²) in [5, 5.41) is 21.5. The van der Waals surface area contributed by atoms with Gasteiger partial charge >= 0.3 is 0 Å². The average molecular weight is 389 g/mol. The van der Waals surface area contributed by atoms with E-state index in [-0.39, 0.29) is 12.5 Å². The zero-order valence-electron chi connectivity index (χ0n) is 16.4. The van der Waals surface area contributed by atoms with E-state index in [4.69, 9.17) is 9.47 Å². The first-order chi connectivity index (χ1) is 14.1. The van der Waals surface area contributed by atoms with Crippen molar-refractivity contribution in [1.29, 1.82) is 0 Å². The number of hydrogen-bond donors (Lipinski definition) is 2. The summed E-state index contributed by atoms with van der Waals surface area (Å²) in [4.78, 5) is 0. The second-order valence-electron chi connectivity index (χ2n) is 6.85. The van der Waals surface area contributed by atoms with Crippen LogP contribution in [-0.4, -0.2) is 29.0 Å². The summed E-state index contributed by atoms with van der Waals surface area (Å²) >= 11 is 0. The maximum absolute atomic E-state index is 10.8. The van der Waals surface area contributed by atoms with E-state index in [0.717, 1.165) is 39.1 Å². The summed E-state index contributed by atoms with van der Waals surface area (Å²) in [7, 11) is 3.27. The van der Waals surface area contributed by atoms with Crippen LogP contribution >= 0.6 is 0 Å². The lowest BCUT2D eigenvalue weighted by molar-refractivity contribution is 0.275. The van der Waals surface area contributed by atoms with Gasteiger partial charge < -0.3 is 24.3 Å². The Morgan fingerprint density at radius 2 is 1.38 bits per heavy atom. The first kappa shape index (κ1) is 18.9. The zero-order chi connectivity index (χ0) is 20.4. The number of rotatable bonds is 6. The van der Waals surface area contributed by atoms with E-state index in [1.165, 1.54) is 0 Å². The number of aromatic hydroxyl groups is 1. The van der Waals surface area contributed by atoms with Gasteiger partial charge in [-0.15, -0.1) is 0 Å². The molecular formula is C24H23NO4. The fraction of sp³-hybridized carbons (Fsp3) is 0.167. The maximum Gasteiger partial charge on any atom is 0.198 e. The SMILES string of the molecule is COc1ccc(Cn2c(O)c(CO)c3cc(-c4ccc(OC)cc4)ccc32)cc1. The number of aromatic nitrogens is 1. The Labute approximate surface area is 169 Å². The summed E-state index contributed by atoms with van der Waals surface area (Å²) in [5.74, 6) is 1.68. The lowest BCUT2D eigenvalue weighted by Gasteiger charge is -2.09. The van der Waals surface area contributed by atoms with E-state index in [0.29, 0.717) is 12.1 Å². The van der Waals surface area contributed by atoms with Crippen molar-refractivity contribution in [1.82, 2.24) is 4.57 Å². The van der Waals surface area contributed by atoms with E-state index >= 15 is 0 Å². The van der Waals surface area contributed by atoms with Crippen molar-refractivity contribution in [3.05, 3.63) is 77.9 Å². The number of benzene rings is 3. The van der Waals surface area contributed by atoms with Gasteiger partial charge in [0.05, 0.1) is 32.9 Å². The monoisotopic (exact) mass is 389 g/mol. The van der Waals surface area contributed by atoms with Crippen LogP contribution in [0.1, 0.15) is 11.1 Å². The number of hydrogen-bond acceptors (Lipinski definition) is 4. The molecule has 0 saturated heterocycles. The minimum Gasteiger partial charge on any atom is -0.497 e. The van der Waals surface area contributed by atoms with Crippen molar-refractivity contribution in [2.75, 3.05) is 14.2 Å². The standard InChI is InChI=1S/C24H23NO4/c1-28-19-8-3-16(4-9-19)14-25-23-12-7-18(13-21(23)22(15-26)24(25)27)17-5-10-20(29-2)11-6-17/h3-13,26-27H,14-15H2,1-2H3. The molecule has 0 aliphatic carbocycles. The summed E-state index contributed by atoms with van der Waals surface area (Å²) in [6, 6.07) is 21.6. The summed E-state index contributed by atoms with van der Waals surface area (Å²) in [6.07, 6.45) is 0. The van der Waals surface area contributed by atoms with Gasteiger partial charge in [0.25, 0.3) is 0 Å². The Morgan fingerprint density at radius 3 is 1.97 bits per heavy atom. The Hall–Kier alpha value is -3.44. The van der Waals surface area contributed by atoms with E-state index < -0.39 is 0 Å². The molecule has 0 radical (unpaired) electrons. The predicted octanol–water partition coefficient (Wildman–Crippen LogP) is 4.57. The highest BCUT2D eigenvalue weighted by molar-refractivity contribution is 5.91. The van der Waals surface area contributed by atoms with Crippen molar-refractivity contribution in [2.24, 2.45) is 0 Å². The maximum atomic E-state index is 10.8. The third kappa shape index (κ3) is 3.52. The minimum absolute atomic E-state index is 0.0881. The second kappa shape index (κ2) is 7.89. The lowest BCUT2D eigenvalue weighted by atomic mass is 10.0. The van der Waals surface area contributed by atoms with Crippen LogP contribution in [0.4, 0.5) is 0 Å². The first-order valence-corrected chi connectivity index (χ1v) is 9.37. The van der Waals surface area contributed by atoms with Crippen LogP contribution < -0.4 is 9.47 Å². The fourth-order valence-corrected chi connectivity index (χ4v) is 3.60. The molecular weight excluding hydrogens is 366 g/mol. The molecule has 0 aliphatic heterocycles. The number of aliphatic hydroxyl groups excluding tert-OH is 1. The molecule has 0 saturated carbocycles. The van der Waals surface area contributed by atoms with Crippen molar-refractivity contribution < 1.29 is 19.7 Å². The highest BCUT2D eigenvalue weighted by Gasteiger charge is 2.17. The number of fused-ring (bicyclic) bond motifs is 1. The molecule has 1 heterocycles. The number of ether oxygens (including phenoxy) is 2. The summed E-state index contributed by atoms with van der Waals surface area (Å²) in [5.41, 5.74) is 4.49. The Kier molecular flexibility index (Phi) is 5.14. The molecule has 0 bridgehead atoms. The van der Waals surface area contributed by atoms with Crippen LogP contribution in [0.25, 0.3) is 22.0 Å². The second-order valence-corrected chi connectivity index (χ2v) is 6.85. The quantitative estimate of drug-likeness (QED) is 0.507. The van der Waals surface area contributed by atoms with Crippen LogP contribution in [0.5, 0.6) is 17.4 Å². The van der Waals surface area contributed by atoms with Gasteiger partial charge in [-0.2, -0.15) is 0 Å². The van der Waals surface area contributed by atoms with Crippen molar-refractivity contribution in [3.63, 3.8) is 0 Å². The third-order valence-corrected chi connectivity index (χ3v) is 5.22. The van der Waals surface area contributed by atoms with Crippen LogP contribution in [0.2, 0.25) is 0 Å². The molecule has 3 aromatic carbocycles. The van der Waals surface area contributed by atoms with E-state index in [9.17, 15) is 10.2 Å². The molecule has 29 heavy (non-hydrogen) atoms. The van der Waals surface area contributed by atoms with Gasteiger partial charge in [-0.25, -0.2) is 0 Å². The fourth-order valence-electron chi connectivity index (χ4n) is 3.60. The molecule has 4 rings (SSSR count). The Balaban J connectivity index is 1.76. The van der Waals surface area contributed by atoms with Crippen LogP contribution in [0, 0.1) is 0 Å². The lowest BCUT2D eigenvalue weighted by Crippen LogP contribution is -1.99. The molecule has 2 N–H and O–H groups in total. The van der Waals surface area contributed by atoms with Gasteiger partial charge in [0.1, 0.15) is 11.5 Å². The average Bonchev–Trinajstić information content (AvgIpc) is 3.04. The van der Waals surface area contributed by atoms with Crippen LogP contribution in [-0.2, 0) is 13.2 Å². The van der Waals surface area contributed by atoms with Gasteiger partial charge in [-0.3, -0.25) is 0 Å². The minimum atomic E-state index is -0.232. The molecule has 0 amide bonds. The number of methoxy groups -OCH3 is 2. The molecule has 0 atom stereocenters. The van der Waals surface area contributed by atoms with E-state index in [1.54, 1.807) is 14.2 Å². The van der Waals surface area contributed by atoms with E-state index in [1.807, 2.05) is 71.3 Å². The van der Waals surface area contributed by atoms with Crippen molar-refractivity contribution >= 4 is 10.9 Å². The van der Waals surface area contributed by atoms with Gasteiger partial charge in [-0.1, -0.05) is 30.3 Å². The molecule has 0 aliphatic rings. The molecule has 4 aromatic rings. The van der Waals surface area contributed by atoms with E-state index in [2.05, 4.69) is 0 Å². The normalized spacial score (nSPS) is 11.0. The predicted molar refractivity (Wildman–Crippen MR) is 114 cm³/mol. The van der Waals surface area contributed by atoms with Gasteiger partial charge in [0.15, 0.2) is 5.88 Å². The highest BCUT2D eigenvalue weighted by Crippen LogP contribution is 2.35. The van der Waals surface area contributed by atoms with Gasteiger partial charge in [0.2, 0.25) is 0 Å². The highest BCUT2D eigenvalue weighted by atomic mass is 16.5. The molecule has 148 valence electrons. The molecule has 1 aromatic heterocycles. The van der Waals surface area contributed by atoms with Gasteiger partial charge in [0, 0.05) is 10.9 Å². The zero-order valence-corrected chi connectivity index (χ0v) is 16.4. The number of aliphatic hydroxyl groups is 1. The Bertz CT molecular complexity index is 1130. The molecule has 0 unspecified atom stereocenters.